The number of aromatic amines is 1. The number of hydrogen-bond acceptors (Lipinski definition) is 5. The van der Waals surface area contributed by atoms with Crippen LogP contribution in [-0.4, -0.2) is 33.3 Å². The van der Waals surface area contributed by atoms with E-state index in [1.165, 1.54) is 24.8 Å². The largest absolute Gasteiger partial charge is 0.356 e. The highest BCUT2D eigenvalue weighted by molar-refractivity contribution is 5.90. The van der Waals surface area contributed by atoms with E-state index in [4.69, 9.17) is 9.97 Å². The molecule has 1 aliphatic heterocycles. The third-order valence-electron chi connectivity index (χ3n) is 5.51. The number of nitrogens with zero attached hydrogens (tertiary/aromatic N) is 4. The number of anilines is 3. The Hall–Kier alpha value is -3.41. The van der Waals surface area contributed by atoms with E-state index in [1.54, 1.807) is 0 Å². The Morgan fingerprint density at radius 1 is 0.931 bits per heavy atom. The van der Waals surface area contributed by atoms with Crippen LogP contribution in [0.2, 0.25) is 0 Å². The third kappa shape index (κ3) is 3.53. The van der Waals surface area contributed by atoms with Gasteiger partial charge in [0.05, 0.1) is 11.2 Å². The molecule has 6 heteroatoms. The summed E-state index contributed by atoms with van der Waals surface area (Å²) in [5, 5.41) is 11.9. The van der Waals surface area contributed by atoms with Crippen molar-refractivity contribution in [3.63, 3.8) is 0 Å². The Balaban J connectivity index is 1.58. The summed E-state index contributed by atoms with van der Waals surface area (Å²) in [5.74, 6) is 2.29. The number of para-hydroxylation sites is 1. The summed E-state index contributed by atoms with van der Waals surface area (Å²) in [6.07, 6.45) is 3.70. The van der Waals surface area contributed by atoms with Gasteiger partial charge in [-0.05, 0) is 43.9 Å². The monoisotopic (exact) mass is 384 g/mol. The fraction of sp³-hybridized carbons (Fsp3) is 0.261. The molecule has 3 heterocycles. The maximum absolute atomic E-state index is 4.84. The first kappa shape index (κ1) is 17.7. The molecule has 0 atom stereocenters. The minimum absolute atomic E-state index is 0.573. The second-order valence-electron chi connectivity index (χ2n) is 7.54. The molecule has 1 saturated heterocycles. The molecule has 5 rings (SSSR count). The number of piperidine rings is 1. The summed E-state index contributed by atoms with van der Waals surface area (Å²) in [6.45, 7) is 4.19. The highest BCUT2D eigenvalue weighted by Gasteiger charge is 2.17. The third-order valence-corrected chi connectivity index (χ3v) is 5.51. The number of aryl methyl sites for hydroxylation is 1. The second kappa shape index (κ2) is 7.54. The predicted octanol–water partition coefficient (Wildman–Crippen LogP) is 5.06. The molecule has 4 aromatic rings. The van der Waals surface area contributed by atoms with Gasteiger partial charge in [-0.1, -0.05) is 36.4 Å². The summed E-state index contributed by atoms with van der Waals surface area (Å²) in [7, 11) is 0. The molecule has 0 aliphatic carbocycles. The van der Waals surface area contributed by atoms with E-state index in [2.05, 4.69) is 57.7 Å². The number of hydrogen-bond donors (Lipinski definition) is 2. The predicted molar refractivity (Wildman–Crippen MR) is 118 cm³/mol. The van der Waals surface area contributed by atoms with E-state index in [0.29, 0.717) is 5.95 Å². The second-order valence-corrected chi connectivity index (χ2v) is 7.54. The van der Waals surface area contributed by atoms with Crippen LogP contribution >= 0.6 is 0 Å². The number of nitrogens with one attached hydrogen (secondary N) is 2. The Kier molecular flexibility index (Phi) is 4.60. The molecule has 29 heavy (non-hydrogen) atoms. The molecule has 1 aliphatic rings. The highest BCUT2D eigenvalue weighted by atomic mass is 15.3. The molecular weight excluding hydrogens is 360 g/mol. The van der Waals surface area contributed by atoms with Gasteiger partial charge >= 0.3 is 0 Å². The van der Waals surface area contributed by atoms with Crippen molar-refractivity contribution in [2.45, 2.75) is 26.2 Å². The zero-order chi connectivity index (χ0) is 19.6. The van der Waals surface area contributed by atoms with Gasteiger partial charge in [-0.15, -0.1) is 0 Å². The first-order chi connectivity index (χ1) is 14.3. The lowest BCUT2D eigenvalue weighted by atomic mass is 10.1. The maximum atomic E-state index is 4.84. The lowest BCUT2D eigenvalue weighted by Gasteiger charge is -2.28. The van der Waals surface area contributed by atoms with Gasteiger partial charge in [0.25, 0.3) is 0 Å². The first-order valence-corrected chi connectivity index (χ1v) is 10.2. The van der Waals surface area contributed by atoms with Gasteiger partial charge in [-0.25, -0.2) is 4.98 Å². The number of benzene rings is 2. The van der Waals surface area contributed by atoms with Crippen molar-refractivity contribution in [2.75, 3.05) is 23.3 Å². The Morgan fingerprint density at radius 3 is 2.59 bits per heavy atom. The van der Waals surface area contributed by atoms with Crippen LogP contribution in [0.4, 0.5) is 17.6 Å². The van der Waals surface area contributed by atoms with E-state index >= 15 is 0 Å². The molecule has 0 saturated carbocycles. The molecule has 0 amide bonds. The first-order valence-electron chi connectivity index (χ1n) is 10.2. The van der Waals surface area contributed by atoms with Crippen molar-refractivity contribution in [1.82, 2.24) is 20.2 Å². The molecule has 1 fully saturated rings. The number of H-pyrrole nitrogens is 1. The normalized spacial score (nSPS) is 14.3. The number of aromatic nitrogens is 4. The molecular formula is C23H24N6. The van der Waals surface area contributed by atoms with E-state index in [1.807, 2.05) is 24.3 Å². The standard InChI is InChI=1S/C23H24N6/c1-16-9-3-4-10-17(16)20-15-21(29-13-7-2-8-14-29)25-23(24-20)26-22-18-11-5-6-12-19(18)27-28-22/h3-6,9-12,15H,2,7-8,13-14H2,1H3,(H2,24,25,26,27,28). The lowest BCUT2D eigenvalue weighted by molar-refractivity contribution is 0.573. The molecule has 6 nitrogen and oxygen atoms in total. The Bertz CT molecular complexity index is 1140. The molecule has 146 valence electrons. The summed E-state index contributed by atoms with van der Waals surface area (Å²) >= 11 is 0. The molecule has 0 unspecified atom stereocenters. The fourth-order valence-corrected chi connectivity index (χ4v) is 3.94. The topological polar surface area (TPSA) is 69.7 Å². The van der Waals surface area contributed by atoms with Gasteiger partial charge in [0.2, 0.25) is 5.95 Å². The van der Waals surface area contributed by atoms with Crippen LogP contribution < -0.4 is 10.2 Å². The minimum atomic E-state index is 0.573. The van der Waals surface area contributed by atoms with Crippen molar-refractivity contribution >= 4 is 28.5 Å². The van der Waals surface area contributed by atoms with Crippen LogP contribution in [-0.2, 0) is 0 Å². The van der Waals surface area contributed by atoms with Crippen molar-refractivity contribution in [1.29, 1.82) is 0 Å². The van der Waals surface area contributed by atoms with Gasteiger partial charge in [0.15, 0.2) is 5.82 Å². The lowest BCUT2D eigenvalue weighted by Crippen LogP contribution is -2.30. The fourth-order valence-electron chi connectivity index (χ4n) is 3.94. The van der Waals surface area contributed by atoms with E-state index in [0.717, 1.165) is 46.9 Å². The van der Waals surface area contributed by atoms with Gasteiger partial charge in [-0.2, -0.15) is 10.1 Å². The van der Waals surface area contributed by atoms with Crippen molar-refractivity contribution in [3.05, 3.63) is 60.2 Å². The minimum Gasteiger partial charge on any atom is -0.356 e. The summed E-state index contributed by atoms with van der Waals surface area (Å²) < 4.78 is 0. The summed E-state index contributed by atoms with van der Waals surface area (Å²) in [6, 6.07) is 18.5. The molecule has 2 N–H and O–H groups in total. The van der Waals surface area contributed by atoms with Crippen LogP contribution in [0.25, 0.3) is 22.2 Å². The smallest absolute Gasteiger partial charge is 0.230 e. The molecule has 0 radical (unpaired) electrons. The van der Waals surface area contributed by atoms with Gasteiger partial charge < -0.3 is 10.2 Å². The van der Waals surface area contributed by atoms with Crippen molar-refractivity contribution in [2.24, 2.45) is 0 Å². The molecule has 2 aromatic carbocycles. The van der Waals surface area contributed by atoms with Crippen LogP contribution in [0.1, 0.15) is 24.8 Å². The van der Waals surface area contributed by atoms with Crippen molar-refractivity contribution < 1.29 is 0 Å². The van der Waals surface area contributed by atoms with E-state index in [-0.39, 0.29) is 0 Å². The average molecular weight is 384 g/mol. The summed E-state index contributed by atoms with van der Waals surface area (Å²) in [4.78, 5) is 12.0. The zero-order valence-corrected chi connectivity index (χ0v) is 16.5. The Labute approximate surface area is 170 Å². The molecule has 2 aromatic heterocycles. The van der Waals surface area contributed by atoms with Crippen LogP contribution in [0.3, 0.4) is 0 Å². The SMILES string of the molecule is Cc1ccccc1-c1cc(N2CCCCC2)nc(Nc2n[nH]c3ccccc23)n1. The highest BCUT2D eigenvalue weighted by Crippen LogP contribution is 2.29. The molecule has 0 spiro atoms. The van der Waals surface area contributed by atoms with Gasteiger partial charge in [0.1, 0.15) is 5.82 Å². The van der Waals surface area contributed by atoms with Crippen LogP contribution in [0.15, 0.2) is 54.6 Å². The quantitative estimate of drug-likeness (QED) is 0.514. The average Bonchev–Trinajstić information content (AvgIpc) is 3.17. The van der Waals surface area contributed by atoms with E-state index in [9.17, 15) is 0 Å². The Morgan fingerprint density at radius 2 is 1.72 bits per heavy atom. The van der Waals surface area contributed by atoms with E-state index < -0.39 is 0 Å². The zero-order valence-electron chi connectivity index (χ0n) is 16.5. The van der Waals surface area contributed by atoms with Crippen LogP contribution in [0.5, 0.6) is 0 Å². The van der Waals surface area contributed by atoms with Crippen molar-refractivity contribution in [3.8, 4) is 11.3 Å². The maximum Gasteiger partial charge on any atom is 0.230 e. The van der Waals surface area contributed by atoms with Crippen LogP contribution in [0, 0.1) is 6.92 Å². The van der Waals surface area contributed by atoms with Gasteiger partial charge in [0, 0.05) is 30.1 Å². The number of fused-ring (bicyclic) bond motifs is 1. The number of rotatable bonds is 4. The van der Waals surface area contributed by atoms with Gasteiger partial charge in [-0.3, -0.25) is 5.10 Å². The molecule has 0 bridgehead atoms. The summed E-state index contributed by atoms with van der Waals surface area (Å²) in [5.41, 5.74) is 4.25.